The second-order valence-corrected chi connectivity index (χ2v) is 7.94. The predicted molar refractivity (Wildman–Crippen MR) is 139 cm³/mol. The Morgan fingerprint density at radius 1 is 0.974 bits per heavy atom. The Kier molecular flexibility index (Phi) is 7.75. The number of anilines is 1. The third kappa shape index (κ3) is 5.49. The number of benzene rings is 2. The number of pyridine rings is 2. The average Bonchev–Trinajstić information content (AvgIpc) is 2.91. The van der Waals surface area contributed by atoms with Gasteiger partial charge in [-0.05, 0) is 44.2 Å². The van der Waals surface area contributed by atoms with E-state index in [0.29, 0.717) is 0 Å². The monoisotopic (exact) mass is 533 g/mol. The molecule has 12 heteroatoms. The lowest BCUT2D eigenvalue weighted by molar-refractivity contribution is 0.0729. The molecule has 200 valence electrons. The zero-order valence-electron chi connectivity index (χ0n) is 20.8. The lowest BCUT2D eigenvalue weighted by atomic mass is 10.0. The molecule has 3 N–H and O–H groups in total. The number of aromatic hydroxyl groups is 2. The Morgan fingerprint density at radius 2 is 1.74 bits per heavy atom. The van der Waals surface area contributed by atoms with Crippen molar-refractivity contribution in [2.75, 3.05) is 18.5 Å². The molecule has 0 bridgehead atoms. The fraction of sp³-hybridized carbons (Fsp3) is 0.148. The second-order valence-electron chi connectivity index (χ2n) is 7.94. The van der Waals surface area contributed by atoms with Crippen LogP contribution in [0.4, 0.5) is 15.3 Å². The van der Waals surface area contributed by atoms with E-state index in [-0.39, 0.29) is 58.1 Å². The fourth-order valence-electron chi connectivity index (χ4n) is 3.83. The topological polar surface area (TPSA) is 166 Å². The number of aromatic nitrogens is 2. The number of fused-ring (bicyclic) bond motifs is 1. The van der Waals surface area contributed by atoms with Crippen molar-refractivity contribution in [3.63, 3.8) is 0 Å². The number of hydrogen-bond acceptors (Lipinski definition) is 10. The summed E-state index contributed by atoms with van der Waals surface area (Å²) in [4.78, 5) is 54.9. The zero-order valence-corrected chi connectivity index (χ0v) is 20.8. The maximum Gasteiger partial charge on any atom is 0.418 e. The molecule has 2 aromatic carbocycles. The largest absolute Gasteiger partial charge is 0.507 e. The van der Waals surface area contributed by atoms with Crippen LogP contribution in [0, 0.1) is 0 Å². The molecule has 0 fully saturated rings. The van der Waals surface area contributed by atoms with Crippen LogP contribution in [0.15, 0.2) is 65.7 Å². The number of phenols is 2. The van der Waals surface area contributed by atoms with Gasteiger partial charge in [-0.25, -0.2) is 19.0 Å². The van der Waals surface area contributed by atoms with E-state index < -0.39 is 29.3 Å². The summed E-state index contributed by atoms with van der Waals surface area (Å²) in [5.74, 6) is -2.07. The fourth-order valence-corrected chi connectivity index (χ4v) is 3.83. The summed E-state index contributed by atoms with van der Waals surface area (Å²) < 4.78 is 16.5. The van der Waals surface area contributed by atoms with E-state index in [2.05, 4.69) is 10.3 Å². The molecule has 12 nitrogen and oxygen atoms in total. The first-order chi connectivity index (χ1) is 18.7. The van der Waals surface area contributed by atoms with Gasteiger partial charge in [0.2, 0.25) is 0 Å². The quantitative estimate of drug-likeness (QED) is 0.185. The minimum Gasteiger partial charge on any atom is -0.507 e. The van der Waals surface area contributed by atoms with Crippen molar-refractivity contribution in [3.05, 3.63) is 76.7 Å². The van der Waals surface area contributed by atoms with Crippen LogP contribution < -0.4 is 15.5 Å². The number of nitrogens with one attached hydrogen (secondary N) is 1. The average molecular weight is 533 g/mol. The first-order valence-corrected chi connectivity index (χ1v) is 11.7. The smallest absolute Gasteiger partial charge is 0.418 e. The Labute approximate surface area is 221 Å². The number of amides is 1. The molecule has 4 aromatic rings. The summed E-state index contributed by atoms with van der Waals surface area (Å²) in [6.45, 7) is 3.20. The van der Waals surface area contributed by atoms with Crippen LogP contribution in [-0.2, 0) is 9.47 Å². The Bertz CT molecular complexity index is 1630. The molecule has 0 aliphatic heterocycles. The van der Waals surface area contributed by atoms with Gasteiger partial charge in [-0.1, -0.05) is 6.07 Å². The summed E-state index contributed by atoms with van der Waals surface area (Å²) in [5.41, 5.74) is -0.707. The van der Waals surface area contributed by atoms with Gasteiger partial charge in [-0.3, -0.25) is 15.1 Å². The van der Waals surface area contributed by atoms with Gasteiger partial charge in [-0.15, -0.1) is 0 Å². The van der Waals surface area contributed by atoms with E-state index in [1.165, 1.54) is 42.7 Å². The third-order valence-corrected chi connectivity index (χ3v) is 5.45. The number of phenolic OH excluding ortho intramolecular Hbond substituents is 2. The summed E-state index contributed by atoms with van der Waals surface area (Å²) in [5, 5.41) is 23.4. The maximum absolute atomic E-state index is 13.1. The van der Waals surface area contributed by atoms with Crippen LogP contribution in [0.25, 0.3) is 22.2 Å². The summed E-state index contributed by atoms with van der Waals surface area (Å²) >= 11 is 0. The molecule has 0 unspecified atom stereocenters. The number of ether oxygens (including phenoxy) is 3. The van der Waals surface area contributed by atoms with Crippen molar-refractivity contribution in [2.24, 2.45) is 0 Å². The third-order valence-electron chi connectivity index (χ3n) is 5.45. The summed E-state index contributed by atoms with van der Waals surface area (Å²) in [6, 6.07) is 10.4. The van der Waals surface area contributed by atoms with Crippen LogP contribution in [0.2, 0.25) is 0 Å². The van der Waals surface area contributed by atoms with Crippen molar-refractivity contribution < 1.29 is 38.8 Å². The normalized spacial score (nSPS) is 10.6. The van der Waals surface area contributed by atoms with Crippen molar-refractivity contribution in [1.29, 1.82) is 0 Å². The van der Waals surface area contributed by atoms with Crippen LogP contribution in [0.5, 0.6) is 17.2 Å². The van der Waals surface area contributed by atoms with E-state index >= 15 is 0 Å². The molecule has 4 rings (SSSR count). The summed E-state index contributed by atoms with van der Waals surface area (Å²) in [7, 11) is 0. The number of carbonyl (C=O) groups excluding carboxylic acids is 3. The Morgan fingerprint density at radius 3 is 2.44 bits per heavy atom. The van der Waals surface area contributed by atoms with Crippen LogP contribution in [-0.4, -0.2) is 51.1 Å². The standard InChI is InChI=1S/C27H23N3O9/c1-3-37-26(35)29-17-12-23(39-25(34)15-7-6-10-28-14-15)21(32)11-16(17)19-13-22(33)24-18(8-5-9-20(24)31)30(19)27(36)38-4-2/h5-14,31-32H,3-4H2,1-2H3,(H,29,35). The van der Waals surface area contributed by atoms with Gasteiger partial charge >= 0.3 is 18.2 Å². The number of hydrogen-bond donors (Lipinski definition) is 3. The van der Waals surface area contributed by atoms with E-state index in [9.17, 15) is 29.4 Å². The molecule has 0 spiro atoms. The number of carbonyl (C=O) groups is 3. The molecule has 0 atom stereocenters. The molecule has 1 amide bonds. The van der Waals surface area contributed by atoms with Crippen LogP contribution >= 0.6 is 0 Å². The Hall–Kier alpha value is -5.39. The molecular weight excluding hydrogens is 510 g/mol. The van der Waals surface area contributed by atoms with E-state index in [0.717, 1.165) is 22.8 Å². The van der Waals surface area contributed by atoms with Crippen molar-refractivity contribution in [2.45, 2.75) is 13.8 Å². The van der Waals surface area contributed by atoms with Crippen LogP contribution in [0.3, 0.4) is 0 Å². The molecule has 0 radical (unpaired) electrons. The molecule has 0 saturated heterocycles. The van der Waals surface area contributed by atoms with Crippen molar-refractivity contribution in [1.82, 2.24) is 9.55 Å². The first kappa shape index (κ1) is 26.7. The highest BCUT2D eigenvalue weighted by Crippen LogP contribution is 2.40. The van der Waals surface area contributed by atoms with Gasteiger partial charge < -0.3 is 24.4 Å². The number of nitrogens with zero attached hydrogens (tertiary/aromatic N) is 2. The highest BCUT2D eigenvalue weighted by atomic mass is 16.6. The molecule has 0 saturated carbocycles. The molecular formula is C27H23N3O9. The maximum atomic E-state index is 13.1. The van der Waals surface area contributed by atoms with Gasteiger partial charge in [0.25, 0.3) is 0 Å². The lowest BCUT2D eigenvalue weighted by Crippen LogP contribution is -2.21. The number of esters is 1. The molecule has 2 heterocycles. The zero-order chi connectivity index (χ0) is 28.1. The molecule has 39 heavy (non-hydrogen) atoms. The van der Waals surface area contributed by atoms with Gasteiger partial charge in [-0.2, -0.15) is 0 Å². The lowest BCUT2D eigenvalue weighted by Gasteiger charge is -2.19. The second kappa shape index (κ2) is 11.3. The minimum atomic E-state index is -0.892. The SMILES string of the molecule is CCOC(=O)Nc1cc(OC(=O)c2cccnc2)c(O)cc1-c1cc(=O)c2c(O)cccc2n1C(=O)OCC. The van der Waals surface area contributed by atoms with E-state index in [1.807, 2.05) is 0 Å². The first-order valence-electron chi connectivity index (χ1n) is 11.7. The highest BCUT2D eigenvalue weighted by Gasteiger charge is 2.24. The Balaban J connectivity index is 1.95. The summed E-state index contributed by atoms with van der Waals surface area (Å²) in [6.07, 6.45) is 0.958. The number of rotatable bonds is 6. The molecule has 0 aliphatic carbocycles. The van der Waals surface area contributed by atoms with Gasteiger partial charge in [0.15, 0.2) is 16.9 Å². The van der Waals surface area contributed by atoms with Crippen LogP contribution in [0.1, 0.15) is 24.2 Å². The van der Waals surface area contributed by atoms with Crippen molar-refractivity contribution >= 4 is 34.7 Å². The highest BCUT2D eigenvalue weighted by molar-refractivity contribution is 5.99. The minimum absolute atomic E-state index is 0.00682. The predicted octanol–water partition coefficient (Wildman–Crippen LogP) is 4.27. The molecule has 0 aliphatic rings. The van der Waals surface area contributed by atoms with Gasteiger partial charge in [0, 0.05) is 30.1 Å². The van der Waals surface area contributed by atoms with Gasteiger partial charge in [0.1, 0.15) is 5.75 Å². The van der Waals surface area contributed by atoms with E-state index in [4.69, 9.17) is 14.2 Å². The van der Waals surface area contributed by atoms with Crippen molar-refractivity contribution in [3.8, 4) is 28.5 Å². The van der Waals surface area contributed by atoms with E-state index in [1.54, 1.807) is 13.8 Å². The van der Waals surface area contributed by atoms with Gasteiger partial charge in [0.05, 0.1) is 41.1 Å². The molecule has 2 aromatic heterocycles.